The Morgan fingerprint density at radius 2 is 2.00 bits per heavy atom. The van der Waals surface area contributed by atoms with Gasteiger partial charge in [0, 0.05) is 31.2 Å². The summed E-state index contributed by atoms with van der Waals surface area (Å²) in [5, 5.41) is 3.29. The fraction of sp³-hybridized carbons (Fsp3) is 1.00. The summed E-state index contributed by atoms with van der Waals surface area (Å²) in [6.45, 7) is 10.6. The maximum Gasteiger partial charge on any atom is 0.153 e. The largest absolute Gasteiger partial charge is 0.311 e. The van der Waals surface area contributed by atoms with Crippen molar-refractivity contribution in [1.82, 2.24) is 10.2 Å². The van der Waals surface area contributed by atoms with Gasteiger partial charge < -0.3 is 5.32 Å². The highest BCUT2D eigenvalue weighted by Crippen LogP contribution is 2.43. The van der Waals surface area contributed by atoms with Crippen LogP contribution in [0.25, 0.3) is 0 Å². The van der Waals surface area contributed by atoms with Gasteiger partial charge in [0.2, 0.25) is 0 Å². The van der Waals surface area contributed by atoms with Crippen LogP contribution in [0.1, 0.15) is 40.5 Å². The maximum atomic E-state index is 12.0. The summed E-state index contributed by atoms with van der Waals surface area (Å²) in [5.41, 5.74) is 0.152. The Bertz CT molecular complexity index is 417. The molecule has 0 aromatic carbocycles. The molecule has 2 aliphatic rings. The summed E-state index contributed by atoms with van der Waals surface area (Å²) in [6.07, 6.45) is 2.58. The van der Waals surface area contributed by atoms with Crippen LogP contribution in [0.4, 0.5) is 0 Å². The molecule has 1 saturated carbocycles. The number of nitrogens with zero attached hydrogens (tertiary/aromatic N) is 1. The van der Waals surface area contributed by atoms with Crippen molar-refractivity contribution in [2.75, 3.05) is 25.4 Å². The Balaban J connectivity index is 2.03. The van der Waals surface area contributed by atoms with Crippen LogP contribution < -0.4 is 5.32 Å². The first-order chi connectivity index (χ1) is 8.75. The average Bonchev–Trinajstić information content (AvgIpc) is 3.14. The van der Waals surface area contributed by atoms with E-state index in [0.29, 0.717) is 18.3 Å². The second kappa shape index (κ2) is 5.34. The molecule has 2 rings (SSSR count). The van der Waals surface area contributed by atoms with Crippen LogP contribution >= 0.6 is 0 Å². The molecule has 0 bridgehead atoms. The smallest absolute Gasteiger partial charge is 0.153 e. The van der Waals surface area contributed by atoms with Crippen molar-refractivity contribution in [2.24, 2.45) is 5.92 Å². The zero-order valence-corrected chi connectivity index (χ0v) is 13.5. The van der Waals surface area contributed by atoms with Gasteiger partial charge in [0.05, 0.1) is 11.0 Å². The van der Waals surface area contributed by atoms with Crippen LogP contribution in [0, 0.1) is 5.92 Å². The predicted molar refractivity (Wildman–Crippen MR) is 79.1 cm³/mol. The van der Waals surface area contributed by atoms with Gasteiger partial charge in [-0.15, -0.1) is 0 Å². The monoisotopic (exact) mass is 288 g/mol. The second-order valence-corrected chi connectivity index (χ2v) is 9.45. The summed E-state index contributed by atoms with van der Waals surface area (Å²) in [7, 11) is -2.93. The van der Waals surface area contributed by atoms with Crippen molar-refractivity contribution in [1.29, 1.82) is 0 Å². The highest BCUT2D eigenvalue weighted by Gasteiger charge is 2.47. The number of rotatable bonds is 5. The molecule has 2 unspecified atom stereocenters. The molecule has 0 spiro atoms. The number of nitrogens with one attached hydrogen (secondary N) is 1. The third kappa shape index (κ3) is 3.31. The van der Waals surface area contributed by atoms with E-state index >= 15 is 0 Å². The van der Waals surface area contributed by atoms with Crippen molar-refractivity contribution in [3.05, 3.63) is 0 Å². The molecule has 19 heavy (non-hydrogen) atoms. The Hall–Kier alpha value is -0.130. The van der Waals surface area contributed by atoms with E-state index in [-0.39, 0.29) is 10.8 Å². The zero-order valence-electron chi connectivity index (χ0n) is 12.6. The summed E-state index contributed by atoms with van der Waals surface area (Å²) in [4.78, 5) is 2.42. The lowest BCUT2D eigenvalue weighted by molar-refractivity contribution is 0.0442. The number of hydrogen-bond donors (Lipinski definition) is 1. The SMILES string of the molecule is CC1CN(CCS(=O)(=O)C(C)C)C(C)(C2CC2)CN1. The van der Waals surface area contributed by atoms with E-state index in [4.69, 9.17) is 0 Å². The Morgan fingerprint density at radius 3 is 2.53 bits per heavy atom. The summed E-state index contributed by atoms with van der Waals surface area (Å²) >= 11 is 0. The highest BCUT2D eigenvalue weighted by molar-refractivity contribution is 7.92. The standard InChI is InChI=1S/C14H28N2O2S/c1-11(2)19(17,18)8-7-16-9-12(3)15-10-14(16,4)13-5-6-13/h11-13,15H,5-10H2,1-4H3. The lowest BCUT2D eigenvalue weighted by atomic mass is 9.90. The minimum Gasteiger partial charge on any atom is -0.311 e. The van der Waals surface area contributed by atoms with Crippen molar-refractivity contribution >= 4 is 9.84 Å². The molecule has 1 N–H and O–H groups in total. The summed E-state index contributed by atoms with van der Waals surface area (Å²) < 4.78 is 24.0. The van der Waals surface area contributed by atoms with Gasteiger partial charge in [-0.2, -0.15) is 0 Å². The predicted octanol–water partition coefficient (Wildman–Crippen LogP) is 1.27. The fourth-order valence-electron chi connectivity index (χ4n) is 3.02. The molecular weight excluding hydrogens is 260 g/mol. The van der Waals surface area contributed by atoms with E-state index < -0.39 is 9.84 Å². The van der Waals surface area contributed by atoms with Crippen molar-refractivity contribution in [3.63, 3.8) is 0 Å². The average molecular weight is 288 g/mol. The molecule has 1 aliphatic carbocycles. The molecule has 1 saturated heterocycles. The Labute approximate surface area is 117 Å². The molecular formula is C14H28N2O2S. The lowest BCUT2D eigenvalue weighted by Gasteiger charge is -2.48. The molecule has 1 aliphatic heterocycles. The van der Waals surface area contributed by atoms with Gasteiger partial charge >= 0.3 is 0 Å². The van der Waals surface area contributed by atoms with Crippen LogP contribution in [-0.4, -0.2) is 55.5 Å². The molecule has 1 heterocycles. The van der Waals surface area contributed by atoms with Crippen molar-refractivity contribution < 1.29 is 8.42 Å². The van der Waals surface area contributed by atoms with Gasteiger partial charge in [0.15, 0.2) is 9.84 Å². The molecule has 2 fully saturated rings. The molecule has 112 valence electrons. The van der Waals surface area contributed by atoms with Crippen molar-refractivity contribution in [2.45, 2.75) is 57.4 Å². The fourth-order valence-corrected chi connectivity index (χ4v) is 3.97. The first-order valence-corrected chi connectivity index (χ1v) is 9.17. The molecule has 0 aromatic heterocycles. The first kappa shape index (κ1) is 15.3. The Morgan fingerprint density at radius 1 is 1.37 bits per heavy atom. The van der Waals surface area contributed by atoms with E-state index in [0.717, 1.165) is 19.0 Å². The molecule has 0 amide bonds. The van der Waals surface area contributed by atoms with E-state index in [2.05, 4.69) is 24.1 Å². The minimum absolute atomic E-state index is 0.152. The first-order valence-electron chi connectivity index (χ1n) is 7.46. The van der Waals surface area contributed by atoms with Gasteiger partial charge in [-0.25, -0.2) is 8.42 Å². The van der Waals surface area contributed by atoms with Gasteiger partial charge in [0.25, 0.3) is 0 Å². The van der Waals surface area contributed by atoms with Crippen LogP contribution in [0.5, 0.6) is 0 Å². The van der Waals surface area contributed by atoms with Crippen LogP contribution in [0.3, 0.4) is 0 Å². The number of sulfone groups is 1. The molecule has 4 nitrogen and oxygen atoms in total. The van der Waals surface area contributed by atoms with E-state index in [1.54, 1.807) is 13.8 Å². The van der Waals surface area contributed by atoms with Gasteiger partial charge in [-0.3, -0.25) is 4.90 Å². The van der Waals surface area contributed by atoms with E-state index in [9.17, 15) is 8.42 Å². The number of hydrogen-bond acceptors (Lipinski definition) is 4. The molecule has 2 atom stereocenters. The van der Waals surface area contributed by atoms with E-state index in [1.807, 2.05) is 0 Å². The van der Waals surface area contributed by atoms with Crippen molar-refractivity contribution in [3.8, 4) is 0 Å². The lowest BCUT2D eigenvalue weighted by Crippen LogP contribution is -2.64. The third-order valence-corrected chi connectivity index (χ3v) is 7.03. The Kier molecular flexibility index (Phi) is 4.29. The van der Waals surface area contributed by atoms with Crippen LogP contribution in [-0.2, 0) is 9.84 Å². The quantitative estimate of drug-likeness (QED) is 0.828. The third-order valence-electron chi connectivity index (χ3n) is 4.85. The second-order valence-electron chi connectivity index (χ2n) is 6.78. The summed E-state index contributed by atoms with van der Waals surface area (Å²) in [6, 6.07) is 0.452. The highest BCUT2D eigenvalue weighted by atomic mass is 32.2. The topological polar surface area (TPSA) is 49.4 Å². The maximum absolute atomic E-state index is 12.0. The van der Waals surface area contributed by atoms with Crippen LogP contribution in [0.15, 0.2) is 0 Å². The number of piperazine rings is 1. The minimum atomic E-state index is -2.93. The molecule has 0 aromatic rings. The van der Waals surface area contributed by atoms with Crippen LogP contribution in [0.2, 0.25) is 0 Å². The summed E-state index contributed by atoms with van der Waals surface area (Å²) in [5.74, 6) is 1.04. The van der Waals surface area contributed by atoms with Gasteiger partial charge in [0.1, 0.15) is 0 Å². The zero-order chi connectivity index (χ0) is 14.3. The van der Waals surface area contributed by atoms with E-state index in [1.165, 1.54) is 12.8 Å². The van der Waals surface area contributed by atoms with Gasteiger partial charge in [-0.05, 0) is 46.5 Å². The molecule has 5 heteroatoms. The van der Waals surface area contributed by atoms with Gasteiger partial charge in [-0.1, -0.05) is 0 Å². The normalized spacial score (nSPS) is 33.8. The molecule has 0 radical (unpaired) electrons.